The van der Waals surface area contributed by atoms with Gasteiger partial charge in [0, 0.05) is 5.41 Å². The van der Waals surface area contributed by atoms with Crippen LogP contribution < -0.4 is 0 Å². The third-order valence-electron chi connectivity index (χ3n) is 3.53. The Morgan fingerprint density at radius 1 is 0.900 bits per heavy atom. The molecule has 0 aliphatic carbocycles. The summed E-state index contributed by atoms with van der Waals surface area (Å²) in [5.41, 5.74) is -0.207. The summed E-state index contributed by atoms with van der Waals surface area (Å²) in [7, 11) is 0. The molecule has 106 valence electrons. The van der Waals surface area contributed by atoms with E-state index in [4.69, 9.17) is 0 Å². The SMILES string of the molecule is OCC(CO)(Cc1cc(F)ccc1F)c1ccccc1. The van der Waals surface area contributed by atoms with Gasteiger partial charge in [0.25, 0.3) is 0 Å². The smallest absolute Gasteiger partial charge is 0.126 e. The molecule has 0 fully saturated rings. The fourth-order valence-electron chi connectivity index (χ4n) is 2.28. The predicted octanol–water partition coefficient (Wildman–Crippen LogP) is 2.43. The standard InChI is InChI=1S/C16H16F2O2/c17-14-6-7-15(18)12(8-14)9-16(10-19,11-20)13-4-2-1-3-5-13/h1-8,19-20H,9-11H2. The topological polar surface area (TPSA) is 40.5 Å². The Labute approximate surface area is 116 Å². The van der Waals surface area contributed by atoms with Gasteiger partial charge in [-0.1, -0.05) is 30.3 Å². The van der Waals surface area contributed by atoms with E-state index in [-0.39, 0.29) is 25.2 Å². The number of aliphatic hydroxyl groups is 2. The van der Waals surface area contributed by atoms with Crippen LogP contribution in [0.2, 0.25) is 0 Å². The lowest BCUT2D eigenvalue weighted by Crippen LogP contribution is -2.37. The molecule has 0 spiro atoms. The first-order valence-electron chi connectivity index (χ1n) is 6.32. The Bertz CT molecular complexity index is 566. The Morgan fingerprint density at radius 3 is 2.15 bits per heavy atom. The van der Waals surface area contributed by atoms with Crippen molar-refractivity contribution >= 4 is 0 Å². The van der Waals surface area contributed by atoms with E-state index in [0.717, 1.165) is 18.2 Å². The summed E-state index contributed by atoms with van der Waals surface area (Å²) in [6.45, 7) is -0.715. The van der Waals surface area contributed by atoms with Gasteiger partial charge in [-0.3, -0.25) is 0 Å². The average Bonchev–Trinajstić information content (AvgIpc) is 2.49. The highest BCUT2D eigenvalue weighted by Crippen LogP contribution is 2.29. The summed E-state index contributed by atoms with van der Waals surface area (Å²) in [4.78, 5) is 0. The molecule has 0 atom stereocenters. The van der Waals surface area contributed by atoms with Crippen molar-refractivity contribution in [2.24, 2.45) is 0 Å². The summed E-state index contributed by atoms with van der Waals surface area (Å²) in [5, 5.41) is 19.4. The molecular formula is C16H16F2O2. The summed E-state index contributed by atoms with van der Waals surface area (Å²) in [6.07, 6.45) is 0.0214. The molecule has 4 heteroatoms. The Balaban J connectivity index is 2.42. The van der Waals surface area contributed by atoms with Gasteiger partial charge in [0.05, 0.1) is 13.2 Å². The van der Waals surface area contributed by atoms with E-state index >= 15 is 0 Å². The van der Waals surface area contributed by atoms with Crippen LogP contribution in [0.4, 0.5) is 8.78 Å². The fourth-order valence-corrected chi connectivity index (χ4v) is 2.28. The monoisotopic (exact) mass is 278 g/mol. The van der Waals surface area contributed by atoms with Crippen molar-refractivity contribution in [2.45, 2.75) is 11.8 Å². The zero-order valence-corrected chi connectivity index (χ0v) is 10.9. The lowest BCUT2D eigenvalue weighted by atomic mass is 9.77. The third kappa shape index (κ3) is 2.86. The number of hydrogen-bond acceptors (Lipinski definition) is 2. The molecule has 0 saturated carbocycles. The fraction of sp³-hybridized carbons (Fsp3) is 0.250. The van der Waals surface area contributed by atoms with E-state index in [1.807, 2.05) is 6.07 Å². The molecule has 0 aromatic heterocycles. The van der Waals surface area contributed by atoms with Crippen molar-refractivity contribution < 1.29 is 19.0 Å². The number of halogens is 2. The minimum atomic E-state index is -1.03. The number of benzene rings is 2. The number of hydrogen-bond donors (Lipinski definition) is 2. The van der Waals surface area contributed by atoms with Gasteiger partial charge < -0.3 is 10.2 Å². The van der Waals surface area contributed by atoms with Gasteiger partial charge in [0.1, 0.15) is 11.6 Å². The van der Waals surface area contributed by atoms with Crippen LogP contribution in [0.15, 0.2) is 48.5 Å². The molecular weight excluding hydrogens is 262 g/mol. The van der Waals surface area contributed by atoms with E-state index < -0.39 is 17.0 Å². The maximum Gasteiger partial charge on any atom is 0.126 e. The van der Waals surface area contributed by atoms with Crippen LogP contribution in [0.1, 0.15) is 11.1 Å². The van der Waals surface area contributed by atoms with Crippen molar-refractivity contribution in [1.82, 2.24) is 0 Å². The van der Waals surface area contributed by atoms with Crippen molar-refractivity contribution in [3.05, 3.63) is 71.3 Å². The predicted molar refractivity (Wildman–Crippen MR) is 72.4 cm³/mol. The minimum absolute atomic E-state index is 0.0214. The third-order valence-corrected chi connectivity index (χ3v) is 3.53. The molecule has 0 amide bonds. The van der Waals surface area contributed by atoms with Gasteiger partial charge in [-0.25, -0.2) is 8.78 Å². The molecule has 0 bridgehead atoms. The number of aliphatic hydroxyl groups excluding tert-OH is 2. The molecule has 2 rings (SSSR count). The van der Waals surface area contributed by atoms with Crippen LogP contribution in [0.5, 0.6) is 0 Å². The second kappa shape index (κ2) is 6.11. The first kappa shape index (κ1) is 14.6. The quantitative estimate of drug-likeness (QED) is 0.882. The van der Waals surface area contributed by atoms with Crippen molar-refractivity contribution in [3.63, 3.8) is 0 Å². The molecule has 0 aliphatic rings. The normalized spacial score (nSPS) is 11.6. The summed E-state index contributed by atoms with van der Waals surface area (Å²) in [6, 6.07) is 12.1. The lowest BCUT2D eigenvalue weighted by Gasteiger charge is -2.30. The van der Waals surface area contributed by atoms with Crippen LogP contribution in [-0.4, -0.2) is 23.4 Å². The average molecular weight is 278 g/mol. The van der Waals surface area contributed by atoms with Gasteiger partial charge in [-0.05, 0) is 35.7 Å². The molecule has 20 heavy (non-hydrogen) atoms. The molecule has 0 heterocycles. The van der Waals surface area contributed by atoms with Crippen molar-refractivity contribution in [1.29, 1.82) is 0 Å². The van der Waals surface area contributed by atoms with Crippen LogP contribution in [0, 0.1) is 11.6 Å². The molecule has 2 aromatic rings. The first-order valence-corrected chi connectivity index (χ1v) is 6.32. The van der Waals surface area contributed by atoms with E-state index in [0.29, 0.717) is 5.56 Å². The highest BCUT2D eigenvalue weighted by atomic mass is 19.1. The highest BCUT2D eigenvalue weighted by Gasteiger charge is 2.32. The number of rotatable bonds is 5. The van der Waals surface area contributed by atoms with Crippen molar-refractivity contribution in [3.8, 4) is 0 Å². The van der Waals surface area contributed by atoms with Gasteiger partial charge in [0.15, 0.2) is 0 Å². The summed E-state index contributed by atoms with van der Waals surface area (Å²) < 4.78 is 27.0. The second-order valence-corrected chi connectivity index (χ2v) is 4.88. The van der Waals surface area contributed by atoms with E-state index in [1.54, 1.807) is 24.3 Å². The van der Waals surface area contributed by atoms with E-state index in [1.165, 1.54) is 0 Å². The van der Waals surface area contributed by atoms with Gasteiger partial charge in [0.2, 0.25) is 0 Å². The largest absolute Gasteiger partial charge is 0.395 e. The van der Waals surface area contributed by atoms with E-state index in [2.05, 4.69) is 0 Å². The first-order chi connectivity index (χ1) is 9.61. The van der Waals surface area contributed by atoms with Gasteiger partial charge in [-0.15, -0.1) is 0 Å². The summed E-state index contributed by atoms with van der Waals surface area (Å²) in [5.74, 6) is -1.09. The van der Waals surface area contributed by atoms with Gasteiger partial charge >= 0.3 is 0 Å². The maximum atomic E-state index is 13.8. The lowest BCUT2D eigenvalue weighted by molar-refractivity contribution is 0.115. The molecule has 0 saturated heterocycles. The summed E-state index contributed by atoms with van der Waals surface area (Å²) >= 11 is 0. The van der Waals surface area contributed by atoms with Gasteiger partial charge in [-0.2, -0.15) is 0 Å². The second-order valence-electron chi connectivity index (χ2n) is 4.88. The molecule has 0 aliphatic heterocycles. The zero-order chi connectivity index (χ0) is 14.6. The minimum Gasteiger partial charge on any atom is -0.395 e. The van der Waals surface area contributed by atoms with Crippen LogP contribution in [0.25, 0.3) is 0 Å². The molecule has 0 unspecified atom stereocenters. The highest BCUT2D eigenvalue weighted by molar-refractivity contribution is 5.31. The zero-order valence-electron chi connectivity index (χ0n) is 10.9. The van der Waals surface area contributed by atoms with E-state index in [9.17, 15) is 19.0 Å². The Morgan fingerprint density at radius 2 is 1.55 bits per heavy atom. The molecule has 2 aromatic carbocycles. The van der Waals surface area contributed by atoms with Crippen LogP contribution >= 0.6 is 0 Å². The molecule has 0 radical (unpaired) electrons. The Kier molecular flexibility index (Phi) is 4.47. The Hall–Kier alpha value is -1.78. The molecule has 2 nitrogen and oxygen atoms in total. The maximum absolute atomic E-state index is 13.8. The van der Waals surface area contributed by atoms with Crippen LogP contribution in [-0.2, 0) is 11.8 Å². The van der Waals surface area contributed by atoms with Crippen LogP contribution in [0.3, 0.4) is 0 Å². The van der Waals surface area contributed by atoms with Crippen molar-refractivity contribution in [2.75, 3.05) is 13.2 Å². The molecule has 2 N–H and O–H groups in total.